The Balaban J connectivity index is 2.38. The molecule has 1 nitrogen and oxygen atoms in total. The Morgan fingerprint density at radius 1 is 0.720 bits per heavy atom. The van der Waals surface area contributed by atoms with Gasteiger partial charge in [0.2, 0.25) is 0 Å². The Morgan fingerprint density at radius 2 is 1.28 bits per heavy atom. The number of hydrogen-bond donors (Lipinski definition) is 1. The molecule has 0 fully saturated rings. The van der Waals surface area contributed by atoms with Crippen LogP contribution in [0.3, 0.4) is 0 Å². The maximum absolute atomic E-state index is 11.5. The summed E-state index contributed by atoms with van der Waals surface area (Å²) in [7, 11) is 0. The zero-order valence-corrected chi connectivity index (χ0v) is 16.0. The SMILES string of the molecule is CCCCCCC(CCCC)(c1ccccc1)C(O)c1ccccc1. The van der Waals surface area contributed by atoms with Gasteiger partial charge in [0.25, 0.3) is 0 Å². The lowest BCUT2D eigenvalue weighted by molar-refractivity contribution is 0.0629. The standard InChI is InChI=1S/C24H34O/c1-3-5-7-14-20-24(19-6-4-2,22-17-12-9-13-18-22)23(25)21-15-10-8-11-16-21/h8-13,15-18,23,25H,3-7,14,19-20H2,1-2H3. The van der Waals surface area contributed by atoms with E-state index in [0.29, 0.717) is 0 Å². The van der Waals surface area contributed by atoms with E-state index in [-0.39, 0.29) is 5.41 Å². The van der Waals surface area contributed by atoms with Gasteiger partial charge in [-0.15, -0.1) is 0 Å². The number of benzene rings is 2. The van der Waals surface area contributed by atoms with Crippen molar-refractivity contribution in [3.63, 3.8) is 0 Å². The first-order valence-corrected chi connectivity index (χ1v) is 10.0. The maximum atomic E-state index is 11.5. The molecule has 0 heterocycles. The van der Waals surface area contributed by atoms with Crippen molar-refractivity contribution in [2.75, 3.05) is 0 Å². The summed E-state index contributed by atoms with van der Waals surface area (Å²) in [5, 5.41) is 11.5. The highest BCUT2D eigenvalue weighted by Gasteiger charge is 2.39. The van der Waals surface area contributed by atoms with Crippen LogP contribution in [0.25, 0.3) is 0 Å². The molecule has 0 radical (unpaired) electrons. The van der Waals surface area contributed by atoms with Crippen LogP contribution >= 0.6 is 0 Å². The third kappa shape index (κ3) is 5.19. The Kier molecular flexibility index (Phi) is 8.21. The van der Waals surface area contributed by atoms with Crippen molar-refractivity contribution in [2.24, 2.45) is 0 Å². The van der Waals surface area contributed by atoms with E-state index in [1.807, 2.05) is 18.2 Å². The largest absolute Gasteiger partial charge is 0.387 e. The van der Waals surface area contributed by atoms with Gasteiger partial charge < -0.3 is 5.11 Å². The van der Waals surface area contributed by atoms with Crippen LogP contribution in [0, 0.1) is 0 Å². The second-order valence-electron chi connectivity index (χ2n) is 7.25. The molecule has 0 aliphatic heterocycles. The summed E-state index contributed by atoms with van der Waals surface area (Å²) in [4.78, 5) is 0. The van der Waals surface area contributed by atoms with Gasteiger partial charge in [0.05, 0.1) is 6.10 Å². The van der Waals surface area contributed by atoms with Crippen LogP contribution in [0.2, 0.25) is 0 Å². The third-order valence-electron chi connectivity index (χ3n) is 5.44. The first-order valence-electron chi connectivity index (χ1n) is 10.0. The van der Waals surface area contributed by atoms with Crippen molar-refractivity contribution >= 4 is 0 Å². The highest BCUT2D eigenvalue weighted by molar-refractivity contribution is 5.32. The molecule has 2 atom stereocenters. The van der Waals surface area contributed by atoms with E-state index in [2.05, 4.69) is 56.3 Å². The van der Waals surface area contributed by atoms with Crippen molar-refractivity contribution in [3.8, 4) is 0 Å². The summed E-state index contributed by atoms with van der Waals surface area (Å²) >= 11 is 0. The summed E-state index contributed by atoms with van der Waals surface area (Å²) in [5.74, 6) is 0. The summed E-state index contributed by atoms with van der Waals surface area (Å²) in [6.45, 7) is 4.49. The lowest BCUT2D eigenvalue weighted by atomic mass is 9.67. The van der Waals surface area contributed by atoms with E-state index in [4.69, 9.17) is 0 Å². The first kappa shape index (κ1) is 19.7. The zero-order chi connectivity index (χ0) is 18.0. The van der Waals surface area contributed by atoms with Gasteiger partial charge in [-0.3, -0.25) is 0 Å². The highest BCUT2D eigenvalue weighted by Crippen LogP contribution is 2.45. The fourth-order valence-corrected chi connectivity index (χ4v) is 3.93. The summed E-state index contributed by atoms with van der Waals surface area (Å²) < 4.78 is 0. The minimum Gasteiger partial charge on any atom is -0.387 e. The average molecular weight is 339 g/mol. The minimum atomic E-state index is -0.454. The number of unbranched alkanes of at least 4 members (excludes halogenated alkanes) is 4. The molecular formula is C24H34O. The molecule has 136 valence electrons. The van der Waals surface area contributed by atoms with E-state index < -0.39 is 6.10 Å². The molecule has 0 saturated carbocycles. The second-order valence-corrected chi connectivity index (χ2v) is 7.25. The fourth-order valence-electron chi connectivity index (χ4n) is 3.93. The molecule has 25 heavy (non-hydrogen) atoms. The smallest absolute Gasteiger partial charge is 0.0886 e. The molecule has 0 bridgehead atoms. The van der Waals surface area contributed by atoms with Gasteiger partial charge in [0.15, 0.2) is 0 Å². The predicted octanol–water partition coefficient (Wildman–Crippen LogP) is 6.82. The van der Waals surface area contributed by atoms with E-state index in [1.165, 1.54) is 31.2 Å². The van der Waals surface area contributed by atoms with Crippen LogP contribution in [0.1, 0.15) is 82.4 Å². The van der Waals surface area contributed by atoms with Gasteiger partial charge in [-0.05, 0) is 24.0 Å². The van der Waals surface area contributed by atoms with Gasteiger partial charge in [-0.2, -0.15) is 0 Å². The molecule has 0 spiro atoms. The molecule has 0 saturated heterocycles. The average Bonchev–Trinajstić information content (AvgIpc) is 2.68. The van der Waals surface area contributed by atoms with Crippen LogP contribution < -0.4 is 0 Å². The van der Waals surface area contributed by atoms with Crippen LogP contribution in [0.4, 0.5) is 0 Å². The van der Waals surface area contributed by atoms with Gasteiger partial charge in [-0.1, -0.05) is 113 Å². The monoisotopic (exact) mass is 338 g/mol. The minimum absolute atomic E-state index is 0.188. The van der Waals surface area contributed by atoms with Crippen molar-refractivity contribution in [2.45, 2.75) is 76.7 Å². The summed E-state index contributed by atoms with van der Waals surface area (Å²) in [5.41, 5.74) is 2.14. The Bertz CT molecular complexity index is 578. The molecule has 2 aromatic carbocycles. The number of aliphatic hydroxyl groups excluding tert-OH is 1. The maximum Gasteiger partial charge on any atom is 0.0886 e. The van der Waals surface area contributed by atoms with Crippen LogP contribution in [0.5, 0.6) is 0 Å². The topological polar surface area (TPSA) is 20.2 Å². The highest BCUT2D eigenvalue weighted by atomic mass is 16.3. The lowest BCUT2D eigenvalue weighted by Gasteiger charge is -2.39. The third-order valence-corrected chi connectivity index (χ3v) is 5.44. The van der Waals surface area contributed by atoms with Crippen LogP contribution in [0.15, 0.2) is 60.7 Å². The molecule has 0 aliphatic carbocycles. The normalized spacial score (nSPS) is 14.8. The Morgan fingerprint density at radius 3 is 1.88 bits per heavy atom. The molecule has 0 aromatic heterocycles. The van der Waals surface area contributed by atoms with Crippen molar-refractivity contribution in [1.29, 1.82) is 0 Å². The van der Waals surface area contributed by atoms with Gasteiger partial charge >= 0.3 is 0 Å². The molecule has 2 rings (SSSR count). The van der Waals surface area contributed by atoms with Crippen molar-refractivity contribution < 1.29 is 5.11 Å². The lowest BCUT2D eigenvalue weighted by Crippen LogP contribution is -2.34. The van der Waals surface area contributed by atoms with E-state index in [9.17, 15) is 5.11 Å². The molecule has 1 N–H and O–H groups in total. The van der Waals surface area contributed by atoms with Crippen molar-refractivity contribution in [1.82, 2.24) is 0 Å². The predicted molar refractivity (Wildman–Crippen MR) is 108 cm³/mol. The Labute approximate surface area is 154 Å². The number of aliphatic hydroxyl groups is 1. The van der Waals surface area contributed by atoms with E-state index in [1.54, 1.807) is 0 Å². The van der Waals surface area contributed by atoms with Crippen LogP contribution in [-0.2, 0) is 5.41 Å². The molecule has 0 aliphatic rings. The molecule has 2 aromatic rings. The van der Waals surface area contributed by atoms with Gasteiger partial charge in [-0.25, -0.2) is 0 Å². The molecular weight excluding hydrogens is 304 g/mol. The van der Waals surface area contributed by atoms with Crippen molar-refractivity contribution in [3.05, 3.63) is 71.8 Å². The van der Waals surface area contributed by atoms with E-state index in [0.717, 1.165) is 31.2 Å². The first-order chi connectivity index (χ1) is 12.2. The van der Waals surface area contributed by atoms with E-state index >= 15 is 0 Å². The fraction of sp³-hybridized carbons (Fsp3) is 0.500. The number of hydrogen-bond acceptors (Lipinski definition) is 1. The quantitative estimate of drug-likeness (QED) is 0.446. The summed E-state index contributed by atoms with van der Waals surface area (Å²) in [6.07, 6.45) is 8.88. The Hall–Kier alpha value is -1.60. The van der Waals surface area contributed by atoms with Crippen LogP contribution in [-0.4, -0.2) is 5.11 Å². The second kappa shape index (κ2) is 10.4. The zero-order valence-electron chi connectivity index (χ0n) is 16.0. The number of rotatable bonds is 11. The summed E-state index contributed by atoms with van der Waals surface area (Å²) in [6, 6.07) is 20.9. The van der Waals surface area contributed by atoms with Gasteiger partial charge in [0, 0.05) is 5.41 Å². The molecule has 0 amide bonds. The van der Waals surface area contributed by atoms with Gasteiger partial charge in [0.1, 0.15) is 0 Å². The molecule has 2 unspecified atom stereocenters. The molecule has 1 heteroatoms.